The normalized spacial score (nSPS) is 15.4. The van der Waals surface area contributed by atoms with E-state index >= 15 is 0 Å². The molecular weight excluding hydrogens is 392 g/mol. The first-order valence-electron chi connectivity index (χ1n) is 10.5. The molecule has 1 aliphatic carbocycles. The summed E-state index contributed by atoms with van der Waals surface area (Å²) in [5.41, 5.74) is 3.16. The lowest BCUT2D eigenvalue weighted by molar-refractivity contribution is -0.117. The molecule has 0 saturated heterocycles. The molecule has 3 heterocycles. The van der Waals surface area contributed by atoms with Gasteiger partial charge in [-0.1, -0.05) is 12.1 Å². The van der Waals surface area contributed by atoms with Crippen molar-refractivity contribution in [1.82, 2.24) is 19.9 Å². The number of pyridine rings is 1. The standard InChI is InChI=1S/C23H24N6O2/c1-15-24-8-9-28(15)19-6-4-16(5-7-19)11-27-23(31)18-10-20-22(25-12-18)26-13-21(30)29(20)14-17-2-3-17/h4-10,12,17H,2-3,11,13-14H2,1H3,(H,25,26)(H,27,31). The van der Waals surface area contributed by atoms with Crippen LogP contribution in [-0.4, -0.2) is 39.4 Å². The van der Waals surface area contributed by atoms with Crippen LogP contribution in [-0.2, 0) is 11.3 Å². The summed E-state index contributed by atoms with van der Waals surface area (Å²) in [7, 11) is 0. The van der Waals surface area contributed by atoms with E-state index in [-0.39, 0.29) is 18.4 Å². The van der Waals surface area contributed by atoms with Crippen LogP contribution in [0.2, 0.25) is 0 Å². The van der Waals surface area contributed by atoms with Crippen LogP contribution >= 0.6 is 0 Å². The number of amides is 2. The van der Waals surface area contributed by atoms with Crippen LogP contribution in [0, 0.1) is 12.8 Å². The van der Waals surface area contributed by atoms with Crippen molar-refractivity contribution in [3.63, 3.8) is 0 Å². The van der Waals surface area contributed by atoms with Crippen LogP contribution in [0.5, 0.6) is 0 Å². The van der Waals surface area contributed by atoms with E-state index in [9.17, 15) is 9.59 Å². The average molecular weight is 416 g/mol. The molecule has 3 aromatic rings. The van der Waals surface area contributed by atoms with Gasteiger partial charge in [0.1, 0.15) is 11.6 Å². The molecule has 2 aliphatic rings. The molecule has 2 amide bonds. The van der Waals surface area contributed by atoms with E-state index in [0.29, 0.717) is 36.1 Å². The number of rotatable bonds is 6. The van der Waals surface area contributed by atoms with E-state index in [0.717, 1.165) is 29.9 Å². The van der Waals surface area contributed by atoms with Crippen molar-refractivity contribution in [2.45, 2.75) is 26.3 Å². The number of imidazole rings is 1. The van der Waals surface area contributed by atoms with Gasteiger partial charge >= 0.3 is 0 Å². The summed E-state index contributed by atoms with van der Waals surface area (Å²) in [6.45, 7) is 3.30. The van der Waals surface area contributed by atoms with Crippen LogP contribution < -0.4 is 15.5 Å². The highest BCUT2D eigenvalue weighted by Gasteiger charge is 2.32. The van der Waals surface area contributed by atoms with Gasteiger partial charge in [0, 0.05) is 37.4 Å². The molecular formula is C23H24N6O2. The van der Waals surface area contributed by atoms with E-state index < -0.39 is 0 Å². The summed E-state index contributed by atoms with van der Waals surface area (Å²) in [4.78, 5) is 35.5. The largest absolute Gasteiger partial charge is 0.359 e. The van der Waals surface area contributed by atoms with Gasteiger partial charge in [-0.05, 0) is 49.4 Å². The highest BCUT2D eigenvalue weighted by Crippen LogP contribution is 2.35. The second-order valence-corrected chi connectivity index (χ2v) is 8.09. The van der Waals surface area contributed by atoms with Crippen molar-refractivity contribution in [1.29, 1.82) is 0 Å². The lowest BCUT2D eigenvalue weighted by Gasteiger charge is -2.29. The molecule has 0 radical (unpaired) electrons. The van der Waals surface area contributed by atoms with Crippen molar-refractivity contribution < 1.29 is 9.59 Å². The molecule has 8 heteroatoms. The molecule has 0 atom stereocenters. The predicted molar refractivity (Wildman–Crippen MR) is 117 cm³/mol. The topological polar surface area (TPSA) is 92.2 Å². The third-order valence-electron chi connectivity index (χ3n) is 5.76. The highest BCUT2D eigenvalue weighted by atomic mass is 16.2. The molecule has 1 aliphatic heterocycles. The summed E-state index contributed by atoms with van der Waals surface area (Å²) < 4.78 is 2.00. The SMILES string of the molecule is Cc1nccn1-c1ccc(CNC(=O)c2cnc3c(c2)N(CC2CC2)C(=O)CN3)cc1. The fraction of sp³-hybridized carbons (Fsp3) is 0.304. The van der Waals surface area contributed by atoms with Gasteiger partial charge in [-0.2, -0.15) is 0 Å². The van der Waals surface area contributed by atoms with E-state index in [1.165, 1.54) is 0 Å². The Labute approximate surface area is 180 Å². The van der Waals surface area contributed by atoms with Gasteiger partial charge in [0.05, 0.1) is 17.8 Å². The lowest BCUT2D eigenvalue weighted by atomic mass is 10.1. The molecule has 2 N–H and O–H groups in total. The van der Waals surface area contributed by atoms with Gasteiger partial charge in [0.2, 0.25) is 5.91 Å². The van der Waals surface area contributed by atoms with Crippen molar-refractivity contribution in [3.05, 3.63) is 65.9 Å². The van der Waals surface area contributed by atoms with Crippen LogP contribution in [0.15, 0.2) is 48.9 Å². The van der Waals surface area contributed by atoms with Gasteiger partial charge in [0.15, 0.2) is 0 Å². The Morgan fingerprint density at radius 2 is 2.03 bits per heavy atom. The quantitative estimate of drug-likeness (QED) is 0.645. The number of benzene rings is 1. The molecule has 0 spiro atoms. The number of aryl methyl sites for hydroxylation is 1. The summed E-state index contributed by atoms with van der Waals surface area (Å²) in [5, 5.41) is 5.99. The first-order valence-corrected chi connectivity index (χ1v) is 10.5. The Morgan fingerprint density at radius 1 is 1.23 bits per heavy atom. The number of anilines is 2. The number of nitrogens with zero attached hydrogens (tertiary/aromatic N) is 4. The van der Waals surface area contributed by atoms with Crippen LogP contribution in [0.3, 0.4) is 0 Å². The monoisotopic (exact) mass is 416 g/mol. The number of fused-ring (bicyclic) bond motifs is 1. The van der Waals surface area contributed by atoms with E-state index in [1.54, 1.807) is 23.4 Å². The molecule has 8 nitrogen and oxygen atoms in total. The summed E-state index contributed by atoms with van der Waals surface area (Å²) in [5.74, 6) is 1.94. The fourth-order valence-corrected chi connectivity index (χ4v) is 3.78. The number of carbonyl (C=O) groups excluding carboxylic acids is 2. The summed E-state index contributed by atoms with van der Waals surface area (Å²) in [6, 6.07) is 9.74. The molecule has 2 aromatic heterocycles. The third-order valence-corrected chi connectivity index (χ3v) is 5.76. The average Bonchev–Trinajstić information content (AvgIpc) is 3.51. The minimum Gasteiger partial charge on any atom is -0.359 e. The number of nitrogens with one attached hydrogen (secondary N) is 2. The third kappa shape index (κ3) is 4.01. The summed E-state index contributed by atoms with van der Waals surface area (Å²) in [6.07, 6.45) is 7.54. The Kier molecular flexibility index (Phi) is 4.89. The maximum atomic E-state index is 12.7. The first kappa shape index (κ1) is 19.3. The minimum absolute atomic E-state index is 0.0203. The fourth-order valence-electron chi connectivity index (χ4n) is 3.78. The maximum absolute atomic E-state index is 12.7. The smallest absolute Gasteiger partial charge is 0.253 e. The zero-order valence-electron chi connectivity index (χ0n) is 17.3. The van der Waals surface area contributed by atoms with Gasteiger partial charge in [-0.25, -0.2) is 9.97 Å². The second-order valence-electron chi connectivity index (χ2n) is 8.09. The predicted octanol–water partition coefficient (Wildman–Crippen LogP) is 2.67. The first-order chi connectivity index (χ1) is 15.1. The van der Waals surface area contributed by atoms with Crippen LogP contribution in [0.1, 0.15) is 34.6 Å². The van der Waals surface area contributed by atoms with Crippen LogP contribution in [0.25, 0.3) is 5.69 Å². The van der Waals surface area contributed by atoms with Crippen LogP contribution in [0.4, 0.5) is 11.5 Å². The number of hydrogen-bond acceptors (Lipinski definition) is 5. The van der Waals surface area contributed by atoms with Gasteiger partial charge in [-0.15, -0.1) is 0 Å². The Hall–Kier alpha value is -3.68. The molecule has 1 saturated carbocycles. The molecule has 5 rings (SSSR count). The van der Waals surface area contributed by atoms with Crippen molar-refractivity contribution in [2.75, 3.05) is 23.3 Å². The molecule has 31 heavy (non-hydrogen) atoms. The van der Waals surface area contributed by atoms with E-state index in [4.69, 9.17) is 0 Å². The molecule has 1 fully saturated rings. The Morgan fingerprint density at radius 3 is 2.74 bits per heavy atom. The maximum Gasteiger partial charge on any atom is 0.253 e. The molecule has 0 unspecified atom stereocenters. The van der Waals surface area contributed by atoms with E-state index in [1.807, 2.05) is 42.0 Å². The van der Waals surface area contributed by atoms with Crippen molar-refractivity contribution >= 4 is 23.3 Å². The highest BCUT2D eigenvalue weighted by molar-refractivity contribution is 6.04. The van der Waals surface area contributed by atoms with Crippen molar-refractivity contribution in [3.8, 4) is 5.69 Å². The van der Waals surface area contributed by atoms with Gasteiger partial charge in [-0.3, -0.25) is 9.59 Å². The molecule has 158 valence electrons. The Bertz CT molecular complexity index is 1130. The van der Waals surface area contributed by atoms with Gasteiger partial charge in [0.25, 0.3) is 5.91 Å². The zero-order valence-corrected chi connectivity index (χ0v) is 17.3. The number of aromatic nitrogens is 3. The lowest BCUT2D eigenvalue weighted by Crippen LogP contribution is -2.41. The second kappa shape index (κ2) is 7.86. The number of carbonyl (C=O) groups is 2. The summed E-state index contributed by atoms with van der Waals surface area (Å²) >= 11 is 0. The van der Waals surface area contributed by atoms with Crippen molar-refractivity contribution in [2.24, 2.45) is 5.92 Å². The van der Waals surface area contributed by atoms with Gasteiger partial charge < -0.3 is 20.1 Å². The van der Waals surface area contributed by atoms with E-state index in [2.05, 4.69) is 20.6 Å². The minimum atomic E-state index is -0.214. The molecule has 0 bridgehead atoms. The Balaban J connectivity index is 1.27. The zero-order chi connectivity index (χ0) is 21.4. The molecule has 1 aromatic carbocycles. The number of hydrogen-bond donors (Lipinski definition) is 2.